The molecule has 0 aromatic carbocycles. The maximum absolute atomic E-state index is 12.1. The Morgan fingerprint density at radius 3 is 2.68 bits per heavy atom. The van der Waals surface area contributed by atoms with Crippen LogP contribution in [0.1, 0.15) is 25.5 Å². The molecule has 1 aromatic rings. The molecular formula is C13H17N3O3. The van der Waals surface area contributed by atoms with Crippen LogP contribution in [0.5, 0.6) is 0 Å². The SMILES string of the molecule is CCc1cc(NC(=O)[C@@H]2CC=CC[C@@H]2C(=O)O)n[nH]1. The van der Waals surface area contributed by atoms with E-state index in [0.717, 1.165) is 12.1 Å². The molecule has 0 spiro atoms. The second kappa shape index (κ2) is 5.69. The molecule has 1 aromatic heterocycles. The molecule has 6 heteroatoms. The molecule has 1 aliphatic carbocycles. The second-order valence-corrected chi connectivity index (χ2v) is 4.62. The second-order valence-electron chi connectivity index (χ2n) is 4.62. The Balaban J connectivity index is 2.05. The van der Waals surface area contributed by atoms with E-state index in [-0.39, 0.29) is 5.91 Å². The van der Waals surface area contributed by atoms with Crippen molar-refractivity contribution in [1.29, 1.82) is 0 Å². The molecule has 3 N–H and O–H groups in total. The Hall–Kier alpha value is -2.11. The van der Waals surface area contributed by atoms with E-state index in [1.54, 1.807) is 6.07 Å². The van der Waals surface area contributed by atoms with Crippen molar-refractivity contribution in [2.45, 2.75) is 26.2 Å². The summed E-state index contributed by atoms with van der Waals surface area (Å²) in [6, 6.07) is 1.76. The Morgan fingerprint density at radius 2 is 2.11 bits per heavy atom. The lowest BCUT2D eigenvalue weighted by atomic mass is 9.82. The van der Waals surface area contributed by atoms with Crippen molar-refractivity contribution in [3.8, 4) is 0 Å². The van der Waals surface area contributed by atoms with Crippen LogP contribution in [0.3, 0.4) is 0 Å². The van der Waals surface area contributed by atoms with Gasteiger partial charge in [0.05, 0.1) is 11.8 Å². The molecule has 6 nitrogen and oxygen atoms in total. The Kier molecular flexibility index (Phi) is 3.99. The molecule has 0 bridgehead atoms. The lowest BCUT2D eigenvalue weighted by Crippen LogP contribution is -2.34. The maximum Gasteiger partial charge on any atom is 0.307 e. The number of nitrogens with zero attached hydrogens (tertiary/aromatic N) is 1. The molecule has 0 saturated carbocycles. The van der Waals surface area contributed by atoms with Gasteiger partial charge < -0.3 is 10.4 Å². The van der Waals surface area contributed by atoms with Crippen molar-refractivity contribution in [2.24, 2.45) is 11.8 Å². The number of aromatic amines is 1. The van der Waals surface area contributed by atoms with Gasteiger partial charge in [-0.15, -0.1) is 0 Å². The lowest BCUT2D eigenvalue weighted by molar-refractivity contribution is -0.146. The van der Waals surface area contributed by atoms with Crippen LogP contribution in [-0.2, 0) is 16.0 Å². The number of rotatable bonds is 4. The highest BCUT2D eigenvalue weighted by atomic mass is 16.4. The summed E-state index contributed by atoms with van der Waals surface area (Å²) >= 11 is 0. The van der Waals surface area contributed by atoms with Gasteiger partial charge in [-0.1, -0.05) is 19.1 Å². The standard InChI is InChI=1S/C13H17N3O3/c1-2-8-7-11(16-15-8)14-12(17)9-5-3-4-6-10(9)13(18)19/h3-4,7,9-10H,2,5-6H2,1H3,(H,18,19)(H2,14,15,16,17)/t9-,10+/m1/s1. The summed E-state index contributed by atoms with van der Waals surface area (Å²) in [6.45, 7) is 1.98. The molecule has 1 aliphatic rings. The maximum atomic E-state index is 12.1. The predicted octanol–water partition coefficient (Wildman–Crippen LogP) is 1.58. The first-order valence-corrected chi connectivity index (χ1v) is 6.34. The van der Waals surface area contributed by atoms with Crippen molar-refractivity contribution < 1.29 is 14.7 Å². The van der Waals surface area contributed by atoms with Gasteiger partial charge in [0.1, 0.15) is 0 Å². The average molecular weight is 263 g/mol. The van der Waals surface area contributed by atoms with Crippen LogP contribution in [0.2, 0.25) is 0 Å². The average Bonchev–Trinajstić information content (AvgIpc) is 2.86. The fourth-order valence-electron chi connectivity index (χ4n) is 2.20. The van der Waals surface area contributed by atoms with Crippen molar-refractivity contribution in [3.05, 3.63) is 23.9 Å². The number of nitrogens with one attached hydrogen (secondary N) is 2. The van der Waals surface area contributed by atoms with E-state index in [0.29, 0.717) is 18.7 Å². The largest absolute Gasteiger partial charge is 0.481 e. The van der Waals surface area contributed by atoms with Crippen LogP contribution in [0.15, 0.2) is 18.2 Å². The van der Waals surface area contributed by atoms with Crippen molar-refractivity contribution in [2.75, 3.05) is 5.32 Å². The summed E-state index contributed by atoms with van der Waals surface area (Å²) in [6.07, 6.45) is 5.31. The molecule has 1 amide bonds. The fraction of sp³-hybridized carbons (Fsp3) is 0.462. The summed E-state index contributed by atoms with van der Waals surface area (Å²) in [4.78, 5) is 23.3. The predicted molar refractivity (Wildman–Crippen MR) is 69.6 cm³/mol. The van der Waals surface area contributed by atoms with Gasteiger partial charge in [0.15, 0.2) is 5.82 Å². The zero-order valence-corrected chi connectivity index (χ0v) is 10.7. The van der Waals surface area contributed by atoms with Gasteiger partial charge in [0.2, 0.25) is 5.91 Å². The number of aryl methyl sites for hydroxylation is 1. The van der Waals surface area contributed by atoms with Gasteiger partial charge in [-0.05, 0) is 19.3 Å². The summed E-state index contributed by atoms with van der Waals surface area (Å²) in [5, 5.41) is 18.6. The summed E-state index contributed by atoms with van der Waals surface area (Å²) < 4.78 is 0. The van der Waals surface area contributed by atoms with Gasteiger partial charge in [-0.25, -0.2) is 0 Å². The van der Waals surface area contributed by atoms with E-state index in [1.807, 2.05) is 19.1 Å². The minimum atomic E-state index is -0.930. The third kappa shape index (κ3) is 3.01. The van der Waals surface area contributed by atoms with Gasteiger partial charge in [0, 0.05) is 11.8 Å². The monoisotopic (exact) mass is 263 g/mol. The minimum absolute atomic E-state index is 0.286. The molecular weight excluding hydrogens is 246 g/mol. The molecule has 2 rings (SSSR count). The Morgan fingerprint density at radius 1 is 1.42 bits per heavy atom. The van der Waals surface area contributed by atoms with Crippen molar-refractivity contribution in [3.63, 3.8) is 0 Å². The molecule has 0 radical (unpaired) electrons. The minimum Gasteiger partial charge on any atom is -0.481 e. The zero-order valence-electron chi connectivity index (χ0n) is 10.7. The number of H-pyrrole nitrogens is 1. The number of aliphatic carboxylic acids is 1. The van der Waals surface area contributed by atoms with Crippen LogP contribution < -0.4 is 5.32 Å². The topological polar surface area (TPSA) is 95.1 Å². The zero-order chi connectivity index (χ0) is 13.8. The first-order valence-electron chi connectivity index (χ1n) is 6.34. The van der Waals surface area contributed by atoms with E-state index < -0.39 is 17.8 Å². The third-order valence-electron chi connectivity index (χ3n) is 3.35. The highest BCUT2D eigenvalue weighted by Gasteiger charge is 2.34. The van der Waals surface area contributed by atoms with Crippen molar-refractivity contribution >= 4 is 17.7 Å². The molecule has 0 aliphatic heterocycles. The Labute approximate surface area is 110 Å². The number of aromatic nitrogens is 2. The normalized spacial score (nSPS) is 22.2. The lowest BCUT2D eigenvalue weighted by Gasteiger charge is -2.23. The molecule has 1 heterocycles. The highest BCUT2D eigenvalue weighted by Crippen LogP contribution is 2.27. The van der Waals surface area contributed by atoms with E-state index >= 15 is 0 Å². The molecule has 102 valence electrons. The third-order valence-corrected chi connectivity index (χ3v) is 3.35. The number of allylic oxidation sites excluding steroid dienone is 2. The van der Waals surface area contributed by atoms with Gasteiger partial charge in [-0.2, -0.15) is 5.10 Å². The van der Waals surface area contributed by atoms with Gasteiger partial charge >= 0.3 is 5.97 Å². The summed E-state index contributed by atoms with van der Waals surface area (Å²) in [5.41, 5.74) is 0.925. The van der Waals surface area contributed by atoms with E-state index in [4.69, 9.17) is 5.11 Å². The van der Waals surface area contributed by atoms with Gasteiger partial charge in [0.25, 0.3) is 0 Å². The number of amides is 1. The smallest absolute Gasteiger partial charge is 0.307 e. The molecule has 0 saturated heterocycles. The molecule has 0 unspecified atom stereocenters. The van der Waals surface area contributed by atoms with E-state index in [2.05, 4.69) is 15.5 Å². The van der Waals surface area contributed by atoms with E-state index in [1.165, 1.54) is 0 Å². The molecule has 2 atom stereocenters. The van der Waals surface area contributed by atoms with Crippen molar-refractivity contribution in [1.82, 2.24) is 10.2 Å². The number of carboxylic acid groups (broad SMARTS) is 1. The Bertz CT molecular complexity index is 507. The number of hydrogen-bond acceptors (Lipinski definition) is 3. The van der Waals surface area contributed by atoms with Crippen LogP contribution in [0, 0.1) is 11.8 Å². The van der Waals surface area contributed by atoms with Crippen LogP contribution in [-0.4, -0.2) is 27.2 Å². The van der Waals surface area contributed by atoms with Crippen LogP contribution in [0.25, 0.3) is 0 Å². The fourth-order valence-corrected chi connectivity index (χ4v) is 2.20. The molecule has 0 fully saturated rings. The highest BCUT2D eigenvalue weighted by molar-refractivity contribution is 5.94. The number of hydrogen-bond donors (Lipinski definition) is 3. The number of carbonyl (C=O) groups excluding carboxylic acids is 1. The first kappa shape index (κ1) is 13.3. The summed E-state index contributed by atoms with van der Waals surface area (Å²) in [7, 11) is 0. The molecule has 19 heavy (non-hydrogen) atoms. The number of anilines is 1. The quantitative estimate of drug-likeness (QED) is 0.719. The van der Waals surface area contributed by atoms with Gasteiger partial charge in [-0.3, -0.25) is 14.7 Å². The first-order chi connectivity index (χ1) is 9.11. The number of carbonyl (C=O) groups is 2. The van der Waals surface area contributed by atoms with E-state index in [9.17, 15) is 9.59 Å². The number of carboxylic acids is 1. The summed E-state index contributed by atoms with van der Waals surface area (Å²) in [5.74, 6) is -1.97. The van der Waals surface area contributed by atoms with Crippen LogP contribution in [0.4, 0.5) is 5.82 Å². The van der Waals surface area contributed by atoms with Crippen LogP contribution >= 0.6 is 0 Å².